The van der Waals surface area contributed by atoms with E-state index in [4.69, 9.17) is 0 Å². The van der Waals surface area contributed by atoms with Gasteiger partial charge in [0.05, 0.1) is 29.3 Å². The monoisotopic (exact) mass is 411 g/mol. The smallest absolute Gasteiger partial charge is 0.307 e. The first-order valence-electron chi connectivity index (χ1n) is 9.40. The fourth-order valence-electron chi connectivity index (χ4n) is 3.38. The number of amides is 2. The molecule has 0 saturated heterocycles. The van der Waals surface area contributed by atoms with E-state index in [0.717, 1.165) is 30.9 Å². The molecule has 5 nitrogen and oxygen atoms in total. The summed E-state index contributed by atoms with van der Waals surface area (Å²) in [6.45, 7) is 0. The van der Waals surface area contributed by atoms with Crippen molar-refractivity contribution in [2.75, 3.05) is 10.6 Å². The van der Waals surface area contributed by atoms with Gasteiger partial charge >= 0.3 is 12.2 Å². The highest BCUT2D eigenvalue weighted by Crippen LogP contribution is 2.34. The topological polar surface area (TPSA) is 66.9 Å². The first kappa shape index (κ1) is 19.9. The summed E-state index contributed by atoms with van der Waals surface area (Å²) < 4.78 is 39.1. The number of nitrogens with one attached hydrogen (secondary N) is 2. The van der Waals surface area contributed by atoms with Crippen LogP contribution < -0.4 is 10.6 Å². The third-order valence-corrected chi connectivity index (χ3v) is 4.86. The summed E-state index contributed by atoms with van der Waals surface area (Å²) in [5, 5.41) is 4.61. The molecule has 0 atom stereocenters. The Labute approximate surface area is 171 Å². The van der Waals surface area contributed by atoms with Crippen molar-refractivity contribution in [3.63, 3.8) is 0 Å². The van der Waals surface area contributed by atoms with Crippen molar-refractivity contribution in [3.8, 4) is 11.3 Å². The van der Waals surface area contributed by atoms with Crippen molar-refractivity contribution in [2.45, 2.75) is 25.4 Å². The number of aromatic nitrogens is 2. The highest BCUT2D eigenvalue weighted by atomic mass is 19.4. The van der Waals surface area contributed by atoms with Crippen molar-refractivity contribution < 1.29 is 18.0 Å². The van der Waals surface area contributed by atoms with Crippen LogP contribution in [0.1, 0.15) is 23.1 Å². The van der Waals surface area contributed by atoms with Gasteiger partial charge in [-0.15, -0.1) is 0 Å². The molecule has 153 valence electrons. The number of hydrogen-bond acceptors (Lipinski definition) is 3. The lowest BCUT2D eigenvalue weighted by atomic mass is 9.90. The number of nitrogens with zero attached hydrogens (tertiary/aromatic N) is 2. The Morgan fingerprint density at radius 1 is 0.967 bits per heavy atom. The van der Waals surface area contributed by atoms with Gasteiger partial charge in [0.1, 0.15) is 0 Å². The zero-order valence-corrected chi connectivity index (χ0v) is 15.8. The zero-order chi connectivity index (χ0) is 21.1. The molecule has 2 N–H and O–H groups in total. The van der Waals surface area contributed by atoms with Gasteiger partial charge in [-0.05, 0) is 55.0 Å². The molecule has 1 radical (unpaired) electrons. The highest BCUT2D eigenvalue weighted by molar-refractivity contribution is 5.99. The van der Waals surface area contributed by atoms with Crippen molar-refractivity contribution >= 4 is 17.5 Å². The second-order valence-corrected chi connectivity index (χ2v) is 6.92. The summed E-state index contributed by atoms with van der Waals surface area (Å²) >= 11 is 0. The van der Waals surface area contributed by atoms with Gasteiger partial charge in [0.15, 0.2) is 5.82 Å². The van der Waals surface area contributed by atoms with Crippen LogP contribution in [0.15, 0.2) is 54.9 Å². The molecule has 3 aromatic rings. The van der Waals surface area contributed by atoms with E-state index in [-0.39, 0.29) is 11.5 Å². The first-order chi connectivity index (χ1) is 14.4. The summed E-state index contributed by atoms with van der Waals surface area (Å²) in [5.74, 6) is 0.133. The largest absolute Gasteiger partial charge is 0.418 e. The Hall–Kier alpha value is -3.42. The van der Waals surface area contributed by atoms with Gasteiger partial charge in [-0.25, -0.2) is 9.78 Å². The maximum absolute atomic E-state index is 13.0. The number of aryl methyl sites for hydroxylation is 1. The molecule has 2 aromatic carbocycles. The lowest BCUT2D eigenvalue weighted by Crippen LogP contribution is -2.22. The molecular weight excluding hydrogens is 393 g/mol. The summed E-state index contributed by atoms with van der Waals surface area (Å²) in [6, 6.07) is 10.1. The van der Waals surface area contributed by atoms with E-state index >= 15 is 0 Å². The molecule has 0 aliphatic heterocycles. The van der Waals surface area contributed by atoms with E-state index < -0.39 is 17.8 Å². The molecular formula is C22H18F3N4O. The maximum atomic E-state index is 13.0. The number of benzene rings is 2. The predicted molar refractivity (Wildman–Crippen MR) is 108 cm³/mol. The normalized spacial score (nSPS) is 13.4. The number of carbonyl (C=O) groups excluding carboxylic acids is 1. The lowest BCUT2D eigenvalue weighted by molar-refractivity contribution is -0.136. The molecule has 0 spiro atoms. The average Bonchev–Trinajstić information content (AvgIpc) is 2.73. The standard InChI is InChI=1S/C22H18F3N4O/c23-22(24,25)17-7-3-4-8-18(17)28-21(30)29-20-13-26-19(12-27-20)16-10-9-14-5-1-2-6-15(14)11-16/h1,3-4,7-13H,2,5-6H2,(H2,27,28,29,30). The summed E-state index contributed by atoms with van der Waals surface area (Å²) in [4.78, 5) is 20.6. The van der Waals surface area contributed by atoms with Gasteiger partial charge in [-0.2, -0.15) is 13.2 Å². The molecule has 1 aromatic heterocycles. The van der Waals surface area contributed by atoms with Gasteiger partial charge in [-0.1, -0.05) is 24.3 Å². The SMILES string of the molecule is O=C(Nc1cnc(-c2ccc3c(c2)CC[CH]C3)cn1)Nc1ccccc1C(F)(F)F. The maximum Gasteiger partial charge on any atom is 0.418 e. The number of halogens is 3. The van der Waals surface area contributed by atoms with Crippen LogP contribution in [0.4, 0.5) is 29.5 Å². The first-order valence-corrected chi connectivity index (χ1v) is 9.40. The summed E-state index contributed by atoms with van der Waals surface area (Å²) in [5.41, 5.74) is 2.93. The van der Waals surface area contributed by atoms with Crippen molar-refractivity contribution in [3.05, 3.63) is 78.0 Å². The fraction of sp³-hybridized carbons (Fsp3) is 0.182. The van der Waals surface area contributed by atoms with Crippen molar-refractivity contribution in [1.82, 2.24) is 9.97 Å². The van der Waals surface area contributed by atoms with Crippen LogP contribution in [0.25, 0.3) is 11.3 Å². The van der Waals surface area contributed by atoms with Crippen LogP contribution in [-0.2, 0) is 19.0 Å². The number of urea groups is 1. The van der Waals surface area contributed by atoms with Gasteiger partial charge in [0.25, 0.3) is 0 Å². The number of carbonyl (C=O) groups is 1. The van der Waals surface area contributed by atoms with Gasteiger partial charge in [0.2, 0.25) is 0 Å². The number of fused-ring (bicyclic) bond motifs is 1. The van der Waals surface area contributed by atoms with E-state index in [1.54, 1.807) is 0 Å². The van der Waals surface area contributed by atoms with Crippen molar-refractivity contribution in [1.29, 1.82) is 0 Å². The third-order valence-electron chi connectivity index (χ3n) is 4.86. The van der Waals surface area contributed by atoms with Crippen LogP contribution in [0.2, 0.25) is 0 Å². The van der Waals surface area contributed by atoms with Crippen LogP contribution in [0.3, 0.4) is 0 Å². The third kappa shape index (κ3) is 4.42. The second kappa shape index (κ2) is 8.14. The van der Waals surface area contributed by atoms with Crippen LogP contribution in [0.5, 0.6) is 0 Å². The molecule has 1 aliphatic carbocycles. The number of alkyl halides is 3. The van der Waals surface area contributed by atoms with E-state index in [2.05, 4.69) is 39.2 Å². The van der Waals surface area contributed by atoms with E-state index in [1.165, 1.54) is 41.7 Å². The predicted octanol–water partition coefficient (Wildman–Crippen LogP) is 5.50. The van der Waals surface area contributed by atoms with Gasteiger partial charge in [0, 0.05) is 5.56 Å². The Morgan fingerprint density at radius 2 is 1.80 bits per heavy atom. The van der Waals surface area contributed by atoms with Crippen LogP contribution >= 0.6 is 0 Å². The van der Waals surface area contributed by atoms with Crippen LogP contribution in [0, 0.1) is 6.42 Å². The minimum absolute atomic E-state index is 0.133. The zero-order valence-electron chi connectivity index (χ0n) is 15.8. The van der Waals surface area contributed by atoms with Gasteiger partial charge in [-0.3, -0.25) is 10.3 Å². The Balaban J connectivity index is 1.45. The summed E-state index contributed by atoms with van der Waals surface area (Å²) in [6.07, 6.45) is 3.61. The fourth-order valence-corrected chi connectivity index (χ4v) is 3.38. The Kier molecular flexibility index (Phi) is 5.39. The number of para-hydroxylation sites is 1. The number of rotatable bonds is 3. The molecule has 0 fully saturated rings. The van der Waals surface area contributed by atoms with Crippen LogP contribution in [-0.4, -0.2) is 16.0 Å². The minimum Gasteiger partial charge on any atom is -0.307 e. The van der Waals surface area contributed by atoms with E-state index in [1.807, 2.05) is 6.07 Å². The van der Waals surface area contributed by atoms with E-state index in [0.29, 0.717) is 5.69 Å². The number of hydrogen-bond donors (Lipinski definition) is 2. The molecule has 0 unspecified atom stereocenters. The Morgan fingerprint density at radius 3 is 2.57 bits per heavy atom. The number of anilines is 2. The molecule has 0 saturated carbocycles. The quantitative estimate of drug-likeness (QED) is 0.598. The molecule has 4 rings (SSSR count). The second-order valence-electron chi connectivity index (χ2n) is 6.92. The van der Waals surface area contributed by atoms with Crippen molar-refractivity contribution in [2.24, 2.45) is 0 Å². The van der Waals surface area contributed by atoms with E-state index in [9.17, 15) is 18.0 Å². The lowest BCUT2D eigenvalue weighted by Gasteiger charge is -2.16. The highest BCUT2D eigenvalue weighted by Gasteiger charge is 2.33. The average molecular weight is 411 g/mol. The Bertz CT molecular complexity index is 1060. The summed E-state index contributed by atoms with van der Waals surface area (Å²) in [7, 11) is 0. The molecule has 2 amide bonds. The molecule has 8 heteroatoms. The minimum atomic E-state index is -4.57. The molecule has 30 heavy (non-hydrogen) atoms. The molecule has 1 heterocycles. The van der Waals surface area contributed by atoms with Gasteiger partial charge < -0.3 is 5.32 Å². The molecule has 0 bridgehead atoms. The molecule has 1 aliphatic rings.